The third kappa shape index (κ3) is 3.28. The minimum Gasteiger partial charge on any atom is -0.496 e. The lowest BCUT2D eigenvalue weighted by atomic mass is 10.1. The van der Waals surface area contributed by atoms with Crippen LogP contribution in [0.1, 0.15) is 40.4 Å². The Morgan fingerprint density at radius 1 is 1.19 bits per heavy atom. The Kier molecular flexibility index (Phi) is 4.35. The molecule has 5 nitrogen and oxygen atoms in total. The minimum atomic E-state index is -0.239. The number of fused-ring (bicyclic) bond motifs is 1. The highest BCUT2D eigenvalue weighted by Gasteiger charge is 2.26. The maximum Gasteiger partial charge on any atom is 0.272 e. The topological polar surface area (TPSA) is 63.6 Å². The number of carbonyl (C=O) groups is 1. The lowest BCUT2D eigenvalue weighted by molar-refractivity contribution is 0.0956. The molecule has 130 valence electrons. The van der Waals surface area contributed by atoms with Crippen molar-refractivity contribution in [3.05, 3.63) is 71.4 Å². The van der Waals surface area contributed by atoms with Crippen LogP contribution >= 0.6 is 0 Å². The average Bonchev–Trinajstić information content (AvgIpc) is 3.52. The van der Waals surface area contributed by atoms with E-state index in [1.54, 1.807) is 13.3 Å². The lowest BCUT2D eigenvalue weighted by Gasteiger charge is -2.08. The van der Waals surface area contributed by atoms with Crippen molar-refractivity contribution in [2.75, 3.05) is 7.11 Å². The summed E-state index contributed by atoms with van der Waals surface area (Å²) in [5, 5.41) is 4.93. The highest BCUT2D eigenvalue weighted by Crippen LogP contribution is 2.40. The molecule has 1 N–H and O–H groups in total. The number of carbonyl (C=O) groups excluding carboxylic acids is 1. The number of amides is 1. The zero-order chi connectivity index (χ0) is 17.9. The molecule has 1 aliphatic carbocycles. The van der Waals surface area contributed by atoms with E-state index in [0.29, 0.717) is 17.2 Å². The summed E-state index contributed by atoms with van der Waals surface area (Å²) >= 11 is 0. The number of rotatable bonds is 5. The summed E-state index contributed by atoms with van der Waals surface area (Å²) in [4.78, 5) is 17.4. The van der Waals surface area contributed by atoms with E-state index in [9.17, 15) is 4.79 Å². The van der Waals surface area contributed by atoms with E-state index < -0.39 is 0 Å². The first-order valence-electron chi connectivity index (χ1n) is 8.62. The van der Waals surface area contributed by atoms with Gasteiger partial charge in [-0.3, -0.25) is 9.78 Å². The number of nitrogens with zero attached hydrogens (tertiary/aromatic N) is 2. The molecule has 1 saturated carbocycles. The number of ether oxygens (including phenoxy) is 1. The first kappa shape index (κ1) is 16.3. The number of hydrazone groups is 1. The Balaban J connectivity index is 1.61. The Bertz CT molecular complexity index is 993. The van der Waals surface area contributed by atoms with Crippen LogP contribution in [0, 0.1) is 0 Å². The van der Waals surface area contributed by atoms with Crippen LogP contribution in [0.4, 0.5) is 0 Å². The van der Waals surface area contributed by atoms with E-state index in [4.69, 9.17) is 9.72 Å². The summed E-state index contributed by atoms with van der Waals surface area (Å²) in [5.74, 6) is 0.941. The van der Waals surface area contributed by atoms with E-state index in [2.05, 4.69) is 10.5 Å². The number of hydrogen-bond donors (Lipinski definition) is 1. The molecule has 26 heavy (non-hydrogen) atoms. The first-order chi connectivity index (χ1) is 12.8. The average molecular weight is 345 g/mol. The van der Waals surface area contributed by atoms with Gasteiger partial charge in [-0.1, -0.05) is 30.3 Å². The van der Waals surface area contributed by atoms with Gasteiger partial charge < -0.3 is 4.74 Å². The number of pyridine rings is 1. The fourth-order valence-corrected chi connectivity index (χ4v) is 2.97. The molecule has 0 bridgehead atoms. The normalized spacial score (nSPS) is 13.9. The van der Waals surface area contributed by atoms with Crippen LogP contribution in [0.25, 0.3) is 10.9 Å². The molecule has 1 aromatic heterocycles. The molecule has 1 amide bonds. The summed E-state index contributed by atoms with van der Waals surface area (Å²) in [5.41, 5.74) is 5.86. The Hall–Kier alpha value is -3.21. The van der Waals surface area contributed by atoms with Crippen molar-refractivity contribution < 1.29 is 9.53 Å². The van der Waals surface area contributed by atoms with Gasteiger partial charge in [0.15, 0.2) is 0 Å². The summed E-state index contributed by atoms with van der Waals surface area (Å²) in [6.07, 6.45) is 3.86. The maximum absolute atomic E-state index is 12.7. The number of benzene rings is 2. The third-order valence-corrected chi connectivity index (χ3v) is 4.48. The van der Waals surface area contributed by atoms with Crippen LogP contribution in [-0.2, 0) is 0 Å². The molecule has 5 heteroatoms. The van der Waals surface area contributed by atoms with Crippen LogP contribution in [-0.4, -0.2) is 24.2 Å². The van der Waals surface area contributed by atoms with E-state index >= 15 is 0 Å². The molecule has 4 rings (SSSR count). The van der Waals surface area contributed by atoms with Gasteiger partial charge >= 0.3 is 0 Å². The van der Waals surface area contributed by atoms with E-state index in [0.717, 1.165) is 35.0 Å². The van der Waals surface area contributed by atoms with Gasteiger partial charge in [-0.05, 0) is 37.1 Å². The van der Waals surface area contributed by atoms with Gasteiger partial charge in [0, 0.05) is 22.6 Å². The smallest absolute Gasteiger partial charge is 0.272 e. The SMILES string of the molecule is COc1ccccc1/C=N\NC(=O)c1cc(C2CC2)nc2ccccc12. The van der Waals surface area contributed by atoms with Crippen LogP contribution in [0.3, 0.4) is 0 Å². The molecule has 0 aliphatic heterocycles. The fourth-order valence-electron chi connectivity index (χ4n) is 2.97. The second-order valence-electron chi connectivity index (χ2n) is 6.33. The number of hydrogen-bond acceptors (Lipinski definition) is 4. The second kappa shape index (κ2) is 6.96. The van der Waals surface area contributed by atoms with E-state index in [-0.39, 0.29) is 5.91 Å². The Morgan fingerprint density at radius 2 is 1.96 bits per heavy atom. The largest absolute Gasteiger partial charge is 0.496 e. The molecular formula is C21H19N3O2. The molecule has 0 radical (unpaired) electrons. The molecule has 0 atom stereocenters. The molecule has 1 aliphatic rings. The third-order valence-electron chi connectivity index (χ3n) is 4.48. The molecule has 0 spiro atoms. The number of para-hydroxylation sites is 2. The molecule has 0 saturated heterocycles. The molecule has 1 heterocycles. The van der Waals surface area contributed by atoms with Gasteiger partial charge in [0.1, 0.15) is 5.75 Å². The summed E-state index contributed by atoms with van der Waals surface area (Å²) < 4.78 is 5.28. The highest BCUT2D eigenvalue weighted by molar-refractivity contribution is 6.06. The van der Waals surface area contributed by atoms with Crippen molar-refractivity contribution in [1.29, 1.82) is 0 Å². The van der Waals surface area contributed by atoms with Crippen LogP contribution in [0.5, 0.6) is 5.75 Å². The van der Waals surface area contributed by atoms with Crippen molar-refractivity contribution in [2.24, 2.45) is 5.10 Å². The monoisotopic (exact) mass is 345 g/mol. The number of aromatic nitrogens is 1. The first-order valence-corrected chi connectivity index (χ1v) is 8.62. The second-order valence-corrected chi connectivity index (χ2v) is 6.33. The zero-order valence-electron chi connectivity index (χ0n) is 14.5. The molecule has 1 fully saturated rings. The van der Waals surface area contributed by atoms with Crippen LogP contribution in [0.15, 0.2) is 59.7 Å². The summed E-state index contributed by atoms with van der Waals surface area (Å²) in [6.45, 7) is 0. The fraction of sp³-hybridized carbons (Fsp3) is 0.190. The minimum absolute atomic E-state index is 0.239. The van der Waals surface area contributed by atoms with Crippen molar-refractivity contribution in [2.45, 2.75) is 18.8 Å². The molecule has 0 unspecified atom stereocenters. The standard InChI is InChI=1S/C21H19N3O2/c1-26-20-9-5-2-6-15(20)13-22-24-21(25)17-12-19(14-10-11-14)23-18-8-4-3-7-16(17)18/h2-9,12-14H,10-11H2,1H3,(H,24,25)/b22-13-. The van der Waals surface area contributed by atoms with E-state index in [1.165, 1.54) is 0 Å². The van der Waals surface area contributed by atoms with Gasteiger partial charge in [-0.25, -0.2) is 5.43 Å². The van der Waals surface area contributed by atoms with Crippen molar-refractivity contribution in [1.82, 2.24) is 10.4 Å². The van der Waals surface area contributed by atoms with Gasteiger partial charge in [-0.15, -0.1) is 0 Å². The van der Waals surface area contributed by atoms with Crippen LogP contribution in [0.2, 0.25) is 0 Å². The van der Waals surface area contributed by atoms with Crippen molar-refractivity contribution in [3.63, 3.8) is 0 Å². The Labute approximate surface area is 151 Å². The highest BCUT2D eigenvalue weighted by atomic mass is 16.5. The number of methoxy groups -OCH3 is 1. The van der Waals surface area contributed by atoms with Crippen LogP contribution < -0.4 is 10.2 Å². The molecule has 3 aromatic rings. The maximum atomic E-state index is 12.7. The van der Waals surface area contributed by atoms with Gasteiger partial charge in [-0.2, -0.15) is 5.10 Å². The molecule has 2 aromatic carbocycles. The zero-order valence-corrected chi connectivity index (χ0v) is 14.5. The van der Waals surface area contributed by atoms with Crippen molar-refractivity contribution >= 4 is 23.0 Å². The van der Waals surface area contributed by atoms with Gasteiger partial charge in [0.05, 0.1) is 24.4 Å². The summed E-state index contributed by atoms with van der Waals surface area (Å²) in [6, 6.07) is 17.1. The molecular weight excluding hydrogens is 326 g/mol. The predicted molar refractivity (Wildman–Crippen MR) is 102 cm³/mol. The van der Waals surface area contributed by atoms with Gasteiger partial charge in [0.2, 0.25) is 0 Å². The predicted octanol–water partition coefficient (Wildman–Crippen LogP) is 3.88. The van der Waals surface area contributed by atoms with Gasteiger partial charge in [0.25, 0.3) is 5.91 Å². The van der Waals surface area contributed by atoms with Crippen molar-refractivity contribution in [3.8, 4) is 5.75 Å². The Morgan fingerprint density at radius 3 is 2.77 bits per heavy atom. The lowest BCUT2D eigenvalue weighted by Crippen LogP contribution is -2.18. The van der Waals surface area contributed by atoms with E-state index in [1.807, 2.05) is 54.6 Å². The quantitative estimate of drug-likeness (QED) is 0.564. The summed E-state index contributed by atoms with van der Waals surface area (Å²) in [7, 11) is 1.60. The number of nitrogens with one attached hydrogen (secondary N) is 1.